The van der Waals surface area contributed by atoms with Crippen LogP contribution in [0.3, 0.4) is 0 Å². The van der Waals surface area contributed by atoms with Gasteiger partial charge in [-0.1, -0.05) is 6.92 Å². The summed E-state index contributed by atoms with van der Waals surface area (Å²) >= 11 is 2.06. The Morgan fingerprint density at radius 1 is 1.50 bits per heavy atom. The van der Waals surface area contributed by atoms with Crippen molar-refractivity contribution in [2.45, 2.75) is 19.8 Å². The molecule has 1 rings (SSSR count). The summed E-state index contributed by atoms with van der Waals surface area (Å²) in [6.07, 6.45) is 2.22. The van der Waals surface area contributed by atoms with Crippen molar-refractivity contribution >= 4 is 11.8 Å². The molecule has 1 N–H and O–H groups in total. The monoisotopic (exact) mass is 160 g/mol. The third-order valence-corrected chi connectivity index (χ3v) is 3.68. The van der Waals surface area contributed by atoms with Crippen molar-refractivity contribution in [3.63, 3.8) is 0 Å². The Labute approximate surface area is 67.2 Å². The summed E-state index contributed by atoms with van der Waals surface area (Å²) in [5.74, 6) is 4.42. The van der Waals surface area contributed by atoms with E-state index in [9.17, 15) is 0 Å². The Hall–Kier alpha value is 0.310. The van der Waals surface area contributed by atoms with Gasteiger partial charge in [-0.3, -0.25) is 0 Å². The van der Waals surface area contributed by atoms with Gasteiger partial charge in [0.15, 0.2) is 0 Å². The van der Waals surface area contributed by atoms with Gasteiger partial charge >= 0.3 is 0 Å². The summed E-state index contributed by atoms with van der Waals surface area (Å²) in [5, 5.41) is 8.61. The summed E-state index contributed by atoms with van der Waals surface area (Å²) in [6.45, 7) is 2.69. The van der Waals surface area contributed by atoms with E-state index in [0.29, 0.717) is 6.61 Å². The van der Waals surface area contributed by atoms with Gasteiger partial charge < -0.3 is 5.11 Å². The molecule has 0 aromatic heterocycles. The van der Waals surface area contributed by atoms with Gasteiger partial charge in [-0.25, -0.2) is 0 Å². The highest BCUT2D eigenvalue weighted by atomic mass is 32.2. The number of aliphatic hydroxyl groups is 1. The largest absolute Gasteiger partial charge is 0.396 e. The highest BCUT2D eigenvalue weighted by Gasteiger charge is 2.22. The summed E-state index contributed by atoms with van der Waals surface area (Å²) in [5.41, 5.74) is 0. The number of hydrogen-bond acceptors (Lipinski definition) is 2. The summed E-state index contributed by atoms with van der Waals surface area (Å²) in [7, 11) is 0. The second-order valence-electron chi connectivity index (χ2n) is 3.14. The maximum Gasteiger partial charge on any atom is 0.0431 e. The first-order valence-electron chi connectivity index (χ1n) is 4.03. The van der Waals surface area contributed by atoms with Crippen molar-refractivity contribution in [2.24, 2.45) is 11.8 Å². The highest BCUT2D eigenvalue weighted by Crippen LogP contribution is 2.32. The lowest BCUT2D eigenvalue weighted by Gasteiger charge is -2.12. The molecule has 2 unspecified atom stereocenters. The zero-order valence-corrected chi connectivity index (χ0v) is 7.36. The predicted molar refractivity (Wildman–Crippen MR) is 46.3 cm³/mol. The minimum atomic E-state index is 0.369. The Kier molecular flexibility index (Phi) is 3.57. The molecule has 0 saturated carbocycles. The Balaban J connectivity index is 2.14. The fourth-order valence-electron chi connectivity index (χ4n) is 1.43. The summed E-state index contributed by atoms with van der Waals surface area (Å²) in [6, 6.07) is 0. The van der Waals surface area contributed by atoms with E-state index in [4.69, 9.17) is 5.11 Å². The molecule has 0 spiro atoms. The van der Waals surface area contributed by atoms with Crippen molar-refractivity contribution in [2.75, 3.05) is 18.1 Å². The average Bonchev–Trinajstić information content (AvgIpc) is 2.31. The molecule has 1 fully saturated rings. The zero-order valence-electron chi connectivity index (χ0n) is 6.55. The first-order valence-corrected chi connectivity index (χ1v) is 5.18. The van der Waals surface area contributed by atoms with Crippen molar-refractivity contribution in [3.8, 4) is 0 Å². The smallest absolute Gasteiger partial charge is 0.0431 e. The van der Waals surface area contributed by atoms with E-state index in [1.54, 1.807) is 0 Å². The Morgan fingerprint density at radius 2 is 2.30 bits per heavy atom. The van der Waals surface area contributed by atoms with Crippen molar-refractivity contribution in [3.05, 3.63) is 0 Å². The number of hydrogen-bond donors (Lipinski definition) is 1. The van der Waals surface area contributed by atoms with Gasteiger partial charge in [0.1, 0.15) is 0 Å². The van der Waals surface area contributed by atoms with Crippen LogP contribution in [-0.2, 0) is 0 Å². The van der Waals surface area contributed by atoms with E-state index >= 15 is 0 Å². The zero-order chi connectivity index (χ0) is 7.40. The molecule has 0 aliphatic carbocycles. The van der Waals surface area contributed by atoms with Crippen LogP contribution in [-0.4, -0.2) is 23.2 Å². The molecule has 2 atom stereocenters. The van der Waals surface area contributed by atoms with Crippen LogP contribution in [0.4, 0.5) is 0 Å². The van der Waals surface area contributed by atoms with Crippen LogP contribution in [0.2, 0.25) is 0 Å². The molecule has 0 aromatic rings. The predicted octanol–water partition coefficient (Wildman–Crippen LogP) is 1.76. The van der Waals surface area contributed by atoms with E-state index in [-0.39, 0.29) is 0 Å². The van der Waals surface area contributed by atoms with E-state index in [1.165, 1.54) is 17.9 Å². The van der Waals surface area contributed by atoms with E-state index in [2.05, 4.69) is 18.7 Å². The van der Waals surface area contributed by atoms with Crippen LogP contribution >= 0.6 is 11.8 Å². The normalized spacial score (nSPS) is 33.0. The van der Waals surface area contributed by atoms with Crippen LogP contribution < -0.4 is 0 Å². The molecular formula is C8H16OS. The quantitative estimate of drug-likeness (QED) is 0.679. The topological polar surface area (TPSA) is 20.2 Å². The second-order valence-corrected chi connectivity index (χ2v) is 4.22. The molecular weight excluding hydrogens is 144 g/mol. The SMILES string of the molecule is CC1CSCC1CCCO. The van der Waals surface area contributed by atoms with Gasteiger partial charge in [-0.15, -0.1) is 0 Å². The third-order valence-electron chi connectivity index (χ3n) is 2.25. The Bertz CT molecular complexity index is 95.3. The minimum absolute atomic E-state index is 0.369. The molecule has 1 nitrogen and oxygen atoms in total. The molecule has 1 saturated heterocycles. The minimum Gasteiger partial charge on any atom is -0.396 e. The summed E-state index contributed by atoms with van der Waals surface area (Å²) in [4.78, 5) is 0. The van der Waals surface area contributed by atoms with Crippen molar-refractivity contribution in [1.82, 2.24) is 0 Å². The first-order chi connectivity index (χ1) is 4.84. The molecule has 1 heterocycles. The van der Waals surface area contributed by atoms with E-state index < -0.39 is 0 Å². The molecule has 0 aromatic carbocycles. The lowest BCUT2D eigenvalue weighted by molar-refractivity contribution is 0.266. The molecule has 0 bridgehead atoms. The van der Waals surface area contributed by atoms with Crippen molar-refractivity contribution in [1.29, 1.82) is 0 Å². The molecule has 60 valence electrons. The number of aliphatic hydroxyl groups excluding tert-OH is 1. The molecule has 10 heavy (non-hydrogen) atoms. The third kappa shape index (κ3) is 2.17. The Morgan fingerprint density at radius 3 is 2.80 bits per heavy atom. The van der Waals surface area contributed by atoms with E-state index in [1.807, 2.05) is 0 Å². The van der Waals surface area contributed by atoms with Gasteiger partial charge in [0.25, 0.3) is 0 Å². The number of rotatable bonds is 3. The van der Waals surface area contributed by atoms with Gasteiger partial charge in [-0.05, 0) is 36.2 Å². The summed E-state index contributed by atoms with van der Waals surface area (Å²) < 4.78 is 0. The van der Waals surface area contributed by atoms with Crippen LogP contribution in [0.15, 0.2) is 0 Å². The van der Waals surface area contributed by atoms with Crippen LogP contribution in [0.25, 0.3) is 0 Å². The maximum absolute atomic E-state index is 8.61. The lowest BCUT2D eigenvalue weighted by Crippen LogP contribution is -2.08. The first kappa shape index (κ1) is 8.41. The molecule has 0 radical (unpaired) electrons. The lowest BCUT2D eigenvalue weighted by atomic mass is 9.94. The molecule has 1 aliphatic rings. The second kappa shape index (κ2) is 4.24. The number of thioether (sulfide) groups is 1. The fourth-order valence-corrected chi connectivity index (χ4v) is 3.00. The van der Waals surface area contributed by atoms with Gasteiger partial charge in [0, 0.05) is 6.61 Å². The fraction of sp³-hybridized carbons (Fsp3) is 1.00. The highest BCUT2D eigenvalue weighted by molar-refractivity contribution is 7.99. The van der Waals surface area contributed by atoms with Gasteiger partial charge in [-0.2, -0.15) is 11.8 Å². The molecule has 2 heteroatoms. The molecule has 1 aliphatic heterocycles. The maximum atomic E-state index is 8.61. The standard InChI is InChI=1S/C8H16OS/c1-7-5-10-6-8(7)3-2-4-9/h7-9H,2-6H2,1H3. The van der Waals surface area contributed by atoms with Crippen molar-refractivity contribution < 1.29 is 5.11 Å². The van der Waals surface area contributed by atoms with Crippen LogP contribution in [0.5, 0.6) is 0 Å². The van der Waals surface area contributed by atoms with Crippen LogP contribution in [0, 0.1) is 11.8 Å². The van der Waals surface area contributed by atoms with Gasteiger partial charge in [0.05, 0.1) is 0 Å². The van der Waals surface area contributed by atoms with Crippen LogP contribution in [0.1, 0.15) is 19.8 Å². The average molecular weight is 160 g/mol. The van der Waals surface area contributed by atoms with Gasteiger partial charge in [0.2, 0.25) is 0 Å². The van der Waals surface area contributed by atoms with E-state index in [0.717, 1.165) is 18.3 Å². The molecule has 0 amide bonds.